The van der Waals surface area contributed by atoms with Crippen molar-refractivity contribution in [2.75, 3.05) is 33.4 Å². The number of hydrogen-bond acceptors (Lipinski definition) is 4. The van der Waals surface area contributed by atoms with Gasteiger partial charge in [-0.05, 0) is 37.8 Å². The van der Waals surface area contributed by atoms with E-state index in [-0.39, 0.29) is 6.04 Å². The second-order valence-corrected chi connectivity index (χ2v) is 6.25. The molecule has 1 aliphatic heterocycles. The van der Waals surface area contributed by atoms with Gasteiger partial charge in [0.2, 0.25) is 0 Å². The summed E-state index contributed by atoms with van der Waals surface area (Å²) in [4.78, 5) is 2.51. The molecule has 124 valence electrons. The van der Waals surface area contributed by atoms with Gasteiger partial charge < -0.3 is 15.2 Å². The van der Waals surface area contributed by atoms with Gasteiger partial charge in [-0.25, -0.2) is 0 Å². The van der Waals surface area contributed by atoms with Gasteiger partial charge in [0.15, 0.2) is 0 Å². The smallest absolute Gasteiger partial charge is 0.127 e. The number of methoxy groups -OCH3 is 1. The molecule has 0 aromatic heterocycles. The molecule has 0 saturated carbocycles. The van der Waals surface area contributed by atoms with Crippen LogP contribution in [-0.2, 0) is 0 Å². The summed E-state index contributed by atoms with van der Waals surface area (Å²) in [7, 11) is 1.69. The molecule has 1 aromatic rings. The molecule has 1 aliphatic rings. The number of nitrogens with two attached hydrogens (primary N) is 1. The number of ether oxygens (including phenoxy) is 2. The van der Waals surface area contributed by atoms with Crippen molar-refractivity contribution in [3.05, 3.63) is 23.8 Å². The summed E-state index contributed by atoms with van der Waals surface area (Å²) >= 11 is 0. The van der Waals surface area contributed by atoms with Crippen LogP contribution in [0.1, 0.15) is 44.7 Å². The standard InChI is InChI=1S/C18H30N2O2/c1-4-10-22-18-11-15(21-3)7-8-16(18)17(12-19)20-9-5-6-14(2)13-20/h7-8,11,14,17H,4-6,9-10,12-13,19H2,1-3H3. The first-order chi connectivity index (χ1) is 10.7. The highest BCUT2D eigenvalue weighted by Gasteiger charge is 2.26. The molecule has 1 aromatic carbocycles. The summed E-state index contributed by atoms with van der Waals surface area (Å²) in [5.74, 6) is 2.48. The van der Waals surface area contributed by atoms with Crippen LogP contribution in [0.25, 0.3) is 0 Å². The Balaban J connectivity index is 2.26. The minimum Gasteiger partial charge on any atom is -0.497 e. The molecule has 4 nitrogen and oxygen atoms in total. The van der Waals surface area contributed by atoms with Crippen LogP contribution in [0.3, 0.4) is 0 Å². The zero-order valence-electron chi connectivity index (χ0n) is 14.2. The highest BCUT2D eigenvalue weighted by Crippen LogP contribution is 2.34. The number of rotatable bonds is 7. The van der Waals surface area contributed by atoms with E-state index in [0.717, 1.165) is 36.9 Å². The summed E-state index contributed by atoms with van der Waals surface area (Å²) in [5, 5.41) is 0. The van der Waals surface area contributed by atoms with Crippen LogP contribution in [0, 0.1) is 5.92 Å². The summed E-state index contributed by atoms with van der Waals surface area (Å²) in [6.45, 7) is 8.00. The van der Waals surface area contributed by atoms with Gasteiger partial charge in [0.1, 0.15) is 11.5 Å². The molecule has 1 heterocycles. The quantitative estimate of drug-likeness (QED) is 0.840. The number of benzene rings is 1. The average Bonchev–Trinajstić information content (AvgIpc) is 2.54. The first-order valence-corrected chi connectivity index (χ1v) is 8.44. The molecular weight excluding hydrogens is 276 g/mol. The second-order valence-electron chi connectivity index (χ2n) is 6.25. The van der Waals surface area contributed by atoms with Crippen LogP contribution in [0.4, 0.5) is 0 Å². The average molecular weight is 306 g/mol. The van der Waals surface area contributed by atoms with Gasteiger partial charge in [0, 0.05) is 24.7 Å². The van der Waals surface area contributed by atoms with Gasteiger partial charge in [0.25, 0.3) is 0 Å². The molecule has 0 radical (unpaired) electrons. The molecule has 2 N–H and O–H groups in total. The Hall–Kier alpha value is -1.26. The van der Waals surface area contributed by atoms with Gasteiger partial charge in [-0.1, -0.05) is 19.9 Å². The topological polar surface area (TPSA) is 47.7 Å². The fraction of sp³-hybridized carbons (Fsp3) is 0.667. The fourth-order valence-electron chi connectivity index (χ4n) is 3.24. The van der Waals surface area contributed by atoms with Crippen LogP contribution in [-0.4, -0.2) is 38.3 Å². The molecule has 2 atom stereocenters. The second kappa shape index (κ2) is 8.39. The number of hydrogen-bond donors (Lipinski definition) is 1. The van der Waals surface area contributed by atoms with Crippen LogP contribution in [0.5, 0.6) is 11.5 Å². The van der Waals surface area contributed by atoms with E-state index in [0.29, 0.717) is 13.2 Å². The number of likely N-dealkylation sites (tertiary alicyclic amines) is 1. The van der Waals surface area contributed by atoms with Crippen molar-refractivity contribution in [2.24, 2.45) is 11.7 Å². The maximum atomic E-state index is 6.12. The van der Waals surface area contributed by atoms with Crippen molar-refractivity contribution in [3.8, 4) is 11.5 Å². The van der Waals surface area contributed by atoms with Crippen molar-refractivity contribution >= 4 is 0 Å². The molecule has 1 fully saturated rings. The van der Waals surface area contributed by atoms with E-state index in [1.807, 2.05) is 12.1 Å². The molecule has 1 saturated heterocycles. The van der Waals surface area contributed by atoms with E-state index in [1.54, 1.807) is 7.11 Å². The zero-order valence-corrected chi connectivity index (χ0v) is 14.2. The van der Waals surface area contributed by atoms with E-state index in [4.69, 9.17) is 15.2 Å². The Morgan fingerprint density at radius 2 is 2.23 bits per heavy atom. The minimum absolute atomic E-state index is 0.223. The minimum atomic E-state index is 0.223. The van der Waals surface area contributed by atoms with Gasteiger partial charge in [-0.3, -0.25) is 4.90 Å². The van der Waals surface area contributed by atoms with Gasteiger partial charge in [-0.15, -0.1) is 0 Å². The fourth-order valence-corrected chi connectivity index (χ4v) is 3.24. The Bertz CT molecular complexity index is 464. The highest BCUT2D eigenvalue weighted by atomic mass is 16.5. The van der Waals surface area contributed by atoms with Gasteiger partial charge in [-0.2, -0.15) is 0 Å². The summed E-state index contributed by atoms with van der Waals surface area (Å²) in [6, 6.07) is 6.33. The predicted molar refractivity (Wildman–Crippen MR) is 90.5 cm³/mol. The molecule has 2 rings (SSSR count). The Labute approximate surface area is 134 Å². The van der Waals surface area contributed by atoms with E-state index < -0.39 is 0 Å². The van der Waals surface area contributed by atoms with Crippen molar-refractivity contribution < 1.29 is 9.47 Å². The number of nitrogens with zero attached hydrogens (tertiary/aromatic N) is 1. The van der Waals surface area contributed by atoms with E-state index >= 15 is 0 Å². The Morgan fingerprint density at radius 3 is 2.86 bits per heavy atom. The molecule has 2 unspecified atom stereocenters. The summed E-state index contributed by atoms with van der Waals surface area (Å²) in [6.07, 6.45) is 3.55. The molecule has 0 bridgehead atoms. The number of piperidine rings is 1. The maximum Gasteiger partial charge on any atom is 0.127 e. The van der Waals surface area contributed by atoms with Crippen molar-refractivity contribution in [1.29, 1.82) is 0 Å². The Kier molecular flexibility index (Phi) is 6.52. The zero-order chi connectivity index (χ0) is 15.9. The third-order valence-corrected chi connectivity index (χ3v) is 4.39. The maximum absolute atomic E-state index is 6.12. The van der Waals surface area contributed by atoms with Crippen molar-refractivity contribution in [1.82, 2.24) is 4.90 Å². The van der Waals surface area contributed by atoms with E-state index in [9.17, 15) is 0 Å². The SMILES string of the molecule is CCCOc1cc(OC)ccc1C(CN)N1CCCC(C)C1. The molecule has 0 spiro atoms. The van der Waals surface area contributed by atoms with Crippen LogP contribution in [0.2, 0.25) is 0 Å². The third-order valence-electron chi connectivity index (χ3n) is 4.39. The van der Waals surface area contributed by atoms with Crippen molar-refractivity contribution in [2.45, 2.75) is 39.2 Å². The molecule has 22 heavy (non-hydrogen) atoms. The molecule has 4 heteroatoms. The summed E-state index contributed by atoms with van der Waals surface area (Å²) < 4.78 is 11.3. The molecule has 0 aliphatic carbocycles. The predicted octanol–water partition coefficient (Wildman–Crippen LogP) is 3.22. The first-order valence-electron chi connectivity index (χ1n) is 8.44. The largest absolute Gasteiger partial charge is 0.497 e. The highest BCUT2D eigenvalue weighted by molar-refractivity contribution is 5.43. The Morgan fingerprint density at radius 1 is 1.41 bits per heavy atom. The van der Waals surface area contributed by atoms with E-state index in [1.165, 1.54) is 18.4 Å². The monoisotopic (exact) mass is 306 g/mol. The van der Waals surface area contributed by atoms with Crippen LogP contribution in [0.15, 0.2) is 18.2 Å². The van der Waals surface area contributed by atoms with Crippen LogP contribution >= 0.6 is 0 Å². The normalized spacial score (nSPS) is 20.6. The first kappa shape index (κ1) is 17.1. The lowest BCUT2D eigenvalue weighted by molar-refractivity contribution is 0.130. The third kappa shape index (κ3) is 4.14. The summed E-state index contributed by atoms with van der Waals surface area (Å²) in [5.41, 5.74) is 7.31. The lowest BCUT2D eigenvalue weighted by Gasteiger charge is -2.37. The van der Waals surface area contributed by atoms with Crippen molar-refractivity contribution in [3.63, 3.8) is 0 Å². The van der Waals surface area contributed by atoms with Crippen LogP contribution < -0.4 is 15.2 Å². The lowest BCUT2D eigenvalue weighted by atomic mass is 9.95. The lowest BCUT2D eigenvalue weighted by Crippen LogP contribution is -2.40. The van der Waals surface area contributed by atoms with Gasteiger partial charge >= 0.3 is 0 Å². The molecular formula is C18H30N2O2. The van der Waals surface area contributed by atoms with Gasteiger partial charge in [0.05, 0.1) is 19.8 Å². The van der Waals surface area contributed by atoms with E-state index in [2.05, 4.69) is 24.8 Å². The molecule has 0 amide bonds.